The second kappa shape index (κ2) is 12.3. The molecule has 8 heteroatoms. The summed E-state index contributed by atoms with van der Waals surface area (Å²) in [7, 11) is 1.57. The van der Waals surface area contributed by atoms with Crippen LogP contribution in [0.5, 0.6) is 11.5 Å². The summed E-state index contributed by atoms with van der Waals surface area (Å²) in [6.07, 6.45) is 0.355. The largest absolute Gasteiger partial charge is 0.497 e. The van der Waals surface area contributed by atoms with Crippen LogP contribution in [0.3, 0.4) is 0 Å². The second-order valence-electron chi connectivity index (χ2n) is 9.50. The van der Waals surface area contributed by atoms with E-state index in [1.807, 2.05) is 55.5 Å². The number of fused-ring (bicyclic) bond motifs is 1. The Kier molecular flexibility index (Phi) is 8.84. The molecule has 1 aliphatic carbocycles. The van der Waals surface area contributed by atoms with Crippen LogP contribution in [0.4, 0.5) is 0 Å². The number of carbonyl (C=O) groups is 3. The molecule has 1 aliphatic heterocycles. The van der Waals surface area contributed by atoms with E-state index in [1.54, 1.807) is 27.9 Å². The Morgan fingerprint density at radius 2 is 1.62 bits per heavy atom. The van der Waals surface area contributed by atoms with Crippen LogP contribution in [-0.2, 0) is 23.9 Å². The van der Waals surface area contributed by atoms with Gasteiger partial charge in [0, 0.05) is 23.2 Å². The van der Waals surface area contributed by atoms with Crippen LogP contribution in [0.2, 0.25) is 0 Å². The summed E-state index contributed by atoms with van der Waals surface area (Å²) in [6.45, 7) is 7.96. The van der Waals surface area contributed by atoms with Gasteiger partial charge in [0.1, 0.15) is 17.4 Å². The predicted octanol–water partition coefficient (Wildman–Crippen LogP) is 5.02. The third kappa shape index (κ3) is 5.60. The van der Waals surface area contributed by atoms with Gasteiger partial charge in [-0.2, -0.15) is 0 Å². The molecule has 1 unspecified atom stereocenters. The lowest BCUT2D eigenvalue weighted by Gasteiger charge is -2.41. The fourth-order valence-corrected chi connectivity index (χ4v) is 5.64. The van der Waals surface area contributed by atoms with Crippen molar-refractivity contribution < 1.29 is 33.3 Å². The minimum atomic E-state index is -1.06. The average molecular weight is 534 g/mol. The SMILES string of the molecule is CCOC(=O)C1=C(C)N=C2C[C@@H](c3cccc(OC)c3)[C@H](C(=O)OCC)C(=O)C2[C@@H]1c1ccc(OCC)cc1. The first kappa shape index (κ1) is 28.1. The first-order valence-corrected chi connectivity index (χ1v) is 13.4. The molecule has 1 heterocycles. The highest BCUT2D eigenvalue weighted by Gasteiger charge is 2.53. The Labute approximate surface area is 229 Å². The highest BCUT2D eigenvalue weighted by atomic mass is 16.5. The van der Waals surface area contributed by atoms with Gasteiger partial charge in [0.15, 0.2) is 5.78 Å². The lowest BCUT2D eigenvalue weighted by molar-refractivity contribution is -0.153. The maximum atomic E-state index is 14.4. The van der Waals surface area contributed by atoms with Crippen LogP contribution in [0.1, 0.15) is 57.1 Å². The zero-order valence-corrected chi connectivity index (χ0v) is 23.1. The van der Waals surface area contributed by atoms with Gasteiger partial charge >= 0.3 is 11.9 Å². The molecule has 0 bridgehead atoms. The molecule has 206 valence electrons. The van der Waals surface area contributed by atoms with Crippen LogP contribution in [0.15, 0.2) is 64.8 Å². The molecule has 8 nitrogen and oxygen atoms in total. The van der Waals surface area contributed by atoms with Gasteiger partial charge < -0.3 is 18.9 Å². The number of nitrogens with zero attached hydrogens (tertiary/aromatic N) is 1. The van der Waals surface area contributed by atoms with Crippen molar-refractivity contribution in [1.29, 1.82) is 0 Å². The molecule has 0 amide bonds. The first-order valence-electron chi connectivity index (χ1n) is 13.4. The van der Waals surface area contributed by atoms with Gasteiger partial charge in [-0.1, -0.05) is 24.3 Å². The van der Waals surface area contributed by atoms with Gasteiger partial charge in [-0.05, 0) is 69.5 Å². The van der Waals surface area contributed by atoms with E-state index in [1.165, 1.54) is 0 Å². The smallest absolute Gasteiger partial charge is 0.336 e. The van der Waals surface area contributed by atoms with Crippen molar-refractivity contribution in [3.8, 4) is 11.5 Å². The number of allylic oxidation sites excluding steroid dienone is 1. The Morgan fingerprint density at radius 3 is 2.26 bits per heavy atom. The van der Waals surface area contributed by atoms with E-state index in [4.69, 9.17) is 23.9 Å². The van der Waals surface area contributed by atoms with E-state index in [-0.39, 0.29) is 19.0 Å². The molecule has 2 aliphatic rings. The molecule has 1 saturated carbocycles. The number of methoxy groups -OCH3 is 1. The van der Waals surface area contributed by atoms with E-state index >= 15 is 0 Å². The van der Waals surface area contributed by atoms with Gasteiger partial charge in [0.05, 0.1) is 38.4 Å². The van der Waals surface area contributed by atoms with E-state index in [0.717, 1.165) is 11.1 Å². The molecule has 4 rings (SSSR count). The molecule has 0 radical (unpaired) electrons. The molecular formula is C31H35NO7. The molecule has 0 N–H and O–H groups in total. The molecule has 4 atom stereocenters. The molecule has 0 aromatic heterocycles. The molecule has 1 fully saturated rings. The summed E-state index contributed by atoms with van der Waals surface area (Å²) in [6, 6.07) is 14.7. The molecule has 39 heavy (non-hydrogen) atoms. The van der Waals surface area contributed by atoms with Crippen molar-refractivity contribution in [2.24, 2.45) is 16.8 Å². The van der Waals surface area contributed by atoms with E-state index in [2.05, 4.69) is 0 Å². The summed E-state index contributed by atoms with van der Waals surface area (Å²) in [4.78, 5) is 45.7. The minimum Gasteiger partial charge on any atom is -0.497 e. The predicted molar refractivity (Wildman–Crippen MR) is 146 cm³/mol. The first-order chi connectivity index (χ1) is 18.8. The number of aliphatic imine (C=N–C) groups is 1. The summed E-state index contributed by atoms with van der Waals surface area (Å²) < 4.78 is 21.8. The molecular weight excluding hydrogens is 498 g/mol. The Balaban J connectivity index is 1.87. The van der Waals surface area contributed by atoms with Gasteiger partial charge in [0.2, 0.25) is 0 Å². The summed E-state index contributed by atoms with van der Waals surface area (Å²) in [5, 5.41) is 0. The number of hydrogen-bond donors (Lipinski definition) is 0. The quantitative estimate of drug-likeness (QED) is 0.330. The standard InChI is InChI=1S/C31H35NO7/c1-6-37-21-14-12-19(13-15-21)26-25(30(34)38-7-2)18(4)32-24-17-23(20-10-9-11-22(16-20)36-5)27(29(33)28(24)26)31(35)39-8-3/h9-16,23,26-28H,6-8,17H2,1-5H3/t23-,26+,27-,28?/m0/s1. The Hall–Kier alpha value is -3.94. The van der Waals surface area contributed by atoms with Crippen LogP contribution in [-0.4, -0.2) is 50.4 Å². The normalized spacial score (nSPS) is 22.5. The van der Waals surface area contributed by atoms with Crippen molar-refractivity contribution in [3.63, 3.8) is 0 Å². The highest BCUT2D eigenvalue weighted by molar-refractivity contribution is 6.17. The average Bonchev–Trinajstić information content (AvgIpc) is 2.93. The van der Waals surface area contributed by atoms with Crippen molar-refractivity contribution in [1.82, 2.24) is 0 Å². The van der Waals surface area contributed by atoms with Crippen LogP contribution in [0, 0.1) is 11.8 Å². The molecule has 0 spiro atoms. The molecule has 2 aromatic carbocycles. The van der Waals surface area contributed by atoms with Gasteiger partial charge in [-0.3, -0.25) is 14.6 Å². The summed E-state index contributed by atoms with van der Waals surface area (Å²) >= 11 is 0. The van der Waals surface area contributed by atoms with Crippen LogP contribution < -0.4 is 9.47 Å². The number of Topliss-reactive ketones (excluding diaryl/α,β-unsaturated/α-hetero) is 1. The minimum absolute atomic E-state index is 0.147. The van der Waals surface area contributed by atoms with Crippen molar-refractivity contribution in [2.45, 2.75) is 46.0 Å². The number of rotatable bonds is 9. The third-order valence-electron chi connectivity index (χ3n) is 7.26. The highest BCUT2D eigenvalue weighted by Crippen LogP contribution is 2.48. The van der Waals surface area contributed by atoms with E-state index < -0.39 is 35.6 Å². The molecule has 0 saturated heterocycles. The van der Waals surface area contributed by atoms with Crippen molar-refractivity contribution >= 4 is 23.4 Å². The number of ether oxygens (including phenoxy) is 4. The van der Waals surface area contributed by atoms with Gasteiger partial charge in [-0.15, -0.1) is 0 Å². The zero-order valence-electron chi connectivity index (χ0n) is 23.1. The second-order valence-corrected chi connectivity index (χ2v) is 9.50. The molecule has 2 aromatic rings. The van der Waals surface area contributed by atoms with E-state index in [0.29, 0.717) is 41.5 Å². The fraction of sp³-hybridized carbons (Fsp3) is 0.419. The number of ketones is 1. The fourth-order valence-electron chi connectivity index (χ4n) is 5.64. The lowest BCUT2D eigenvalue weighted by Crippen LogP contribution is -2.48. The Bertz CT molecular complexity index is 1290. The Morgan fingerprint density at radius 1 is 0.897 bits per heavy atom. The number of carbonyl (C=O) groups excluding carboxylic acids is 3. The van der Waals surface area contributed by atoms with Crippen molar-refractivity contribution in [3.05, 3.63) is 70.9 Å². The zero-order chi connectivity index (χ0) is 28.1. The monoisotopic (exact) mass is 533 g/mol. The maximum absolute atomic E-state index is 14.4. The third-order valence-corrected chi connectivity index (χ3v) is 7.26. The van der Waals surface area contributed by atoms with Gasteiger partial charge in [-0.25, -0.2) is 4.79 Å². The lowest BCUT2D eigenvalue weighted by atomic mass is 9.62. The van der Waals surface area contributed by atoms with Gasteiger partial charge in [0.25, 0.3) is 0 Å². The number of hydrogen-bond acceptors (Lipinski definition) is 8. The summed E-state index contributed by atoms with van der Waals surface area (Å²) in [5.74, 6) is -3.14. The van der Waals surface area contributed by atoms with Crippen LogP contribution >= 0.6 is 0 Å². The maximum Gasteiger partial charge on any atom is 0.336 e. The van der Waals surface area contributed by atoms with Crippen molar-refractivity contribution in [2.75, 3.05) is 26.9 Å². The topological polar surface area (TPSA) is 100 Å². The number of benzene rings is 2. The summed E-state index contributed by atoms with van der Waals surface area (Å²) in [5.41, 5.74) is 3.00. The van der Waals surface area contributed by atoms with E-state index in [9.17, 15) is 14.4 Å². The number of esters is 2. The van der Waals surface area contributed by atoms with Crippen LogP contribution in [0.25, 0.3) is 0 Å².